The van der Waals surface area contributed by atoms with E-state index in [1.165, 1.54) is 16.4 Å². The van der Waals surface area contributed by atoms with Gasteiger partial charge in [-0.2, -0.15) is 4.31 Å². The molecular weight excluding hydrogens is 306 g/mol. The summed E-state index contributed by atoms with van der Waals surface area (Å²) in [5.74, 6) is 0.630. The van der Waals surface area contributed by atoms with E-state index in [4.69, 9.17) is 6.17 Å². The molecule has 0 unspecified atom stereocenters. The molecule has 2 N–H and O–H groups in total. The smallest absolute Gasteiger partial charge is 0.243 e. The molecule has 1 aromatic carbocycles. The van der Waals surface area contributed by atoms with Gasteiger partial charge in [0.15, 0.2) is 0 Å². The Labute approximate surface area is 132 Å². The summed E-state index contributed by atoms with van der Waals surface area (Å²) in [6, 6.07) is 5.70. The van der Waals surface area contributed by atoms with E-state index in [1.807, 2.05) is 0 Å². The Bertz CT molecular complexity index is 592. The van der Waals surface area contributed by atoms with Crippen LogP contribution in [0.2, 0.25) is 0 Å². The van der Waals surface area contributed by atoms with E-state index >= 15 is 0 Å². The zero-order valence-corrected chi connectivity index (χ0v) is 13.5. The highest BCUT2D eigenvalue weighted by Gasteiger charge is 2.39. The molecule has 2 atom stereocenters. The van der Waals surface area contributed by atoms with Crippen molar-refractivity contribution in [3.63, 3.8) is 0 Å². The predicted molar refractivity (Wildman–Crippen MR) is 82.2 cm³/mol. The fraction of sp³-hybridized carbons (Fsp3) is 0.600. The van der Waals surface area contributed by atoms with Crippen molar-refractivity contribution >= 4 is 10.0 Å². The molecule has 7 heteroatoms. The highest BCUT2D eigenvalue weighted by molar-refractivity contribution is 7.89. The van der Waals surface area contributed by atoms with Crippen molar-refractivity contribution in [2.45, 2.75) is 43.2 Å². The minimum absolute atomic E-state index is 0.0752. The van der Waals surface area contributed by atoms with Gasteiger partial charge in [0, 0.05) is 6.54 Å². The molecule has 22 heavy (non-hydrogen) atoms. The van der Waals surface area contributed by atoms with Gasteiger partial charge in [-0.3, -0.25) is 0 Å². The number of benzene rings is 1. The summed E-state index contributed by atoms with van der Waals surface area (Å²) in [6.07, 6.45) is 1.78. The summed E-state index contributed by atoms with van der Waals surface area (Å²) in [5, 5.41) is 13.9. The van der Waals surface area contributed by atoms with Crippen LogP contribution in [-0.2, 0) is 10.0 Å². The number of hydrogen-bond acceptors (Lipinski definition) is 5. The molecule has 0 spiro atoms. The van der Waals surface area contributed by atoms with Crippen LogP contribution in [0, 0.1) is 0 Å². The van der Waals surface area contributed by atoms with Gasteiger partial charge in [0.2, 0.25) is 11.5 Å². The average Bonchev–Trinajstić information content (AvgIpc) is 3.00. The van der Waals surface area contributed by atoms with Crippen molar-refractivity contribution in [2.24, 2.45) is 0 Å². The lowest BCUT2D eigenvalue weighted by Gasteiger charge is -2.22. The lowest BCUT2D eigenvalue weighted by atomic mass is 10.2. The van der Waals surface area contributed by atoms with Gasteiger partial charge in [-0.05, 0) is 37.1 Å². The first kappa shape index (κ1) is 15.7. The number of ether oxygens (including phenoxy) is 1. The van der Waals surface area contributed by atoms with Crippen LogP contribution in [0.1, 0.15) is 26.2 Å². The number of aliphatic hydroxyl groups excluding tert-OH is 2. The first-order chi connectivity index (χ1) is 11.0. The van der Waals surface area contributed by atoms with Crippen molar-refractivity contribution in [2.75, 3.05) is 19.8 Å². The molecule has 2 rings (SSSR count). The fourth-order valence-corrected chi connectivity index (χ4v) is 4.14. The van der Waals surface area contributed by atoms with Gasteiger partial charge in [0.1, 0.15) is 5.75 Å². The van der Waals surface area contributed by atoms with Crippen LogP contribution >= 0.6 is 0 Å². The molecular formula is C15H23NO5S. The molecule has 0 aliphatic carbocycles. The Balaban J connectivity index is 2.12. The van der Waals surface area contributed by atoms with E-state index in [1.54, 1.807) is 12.1 Å². The van der Waals surface area contributed by atoms with E-state index in [0.29, 0.717) is 18.8 Å². The summed E-state index contributed by atoms with van der Waals surface area (Å²) < 4.78 is 39.1. The SMILES string of the molecule is [2H]O[C@H]1C[C@@H](CO)N(S(=O)(=O)c2ccc(OCCCC)cc2)C1. The van der Waals surface area contributed by atoms with Gasteiger partial charge in [-0.25, -0.2) is 8.42 Å². The normalized spacial score (nSPS) is 23.5. The number of nitrogens with zero attached hydrogens (tertiary/aromatic N) is 1. The van der Waals surface area contributed by atoms with Gasteiger partial charge in [0.25, 0.3) is 0 Å². The summed E-state index contributed by atoms with van der Waals surface area (Å²) in [5.41, 5.74) is 0. The van der Waals surface area contributed by atoms with E-state index in [2.05, 4.69) is 12.0 Å². The third kappa shape index (κ3) is 3.78. The van der Waals surface area contributed by atoms with Crippen molar-refractivity contribution in [1.29, 1.82) is 1.43 Å². The third-order valence-corrected chi connectivity index (χ3v) is 5.67. The molecule has 0 radical (unpaired) electrons. The van der Waals surface area contributed by atoms with Crippen LogP contribution in [0.4, 0.5) is 0 Å². The van der Waals surface area contributed by atoms with Gasteiger partial charge in [-0.15, -0.1) is 0 Å². The Morgan fingerprint density at radius 1 is 1.41 bits per heavy atom. The zero-order chi connectivity index (χ0) is 16.9. The van der Waals surface area contributed by atoms with Crippen LogP contribution < -0.4 is 4.74 Å². The van der Waals surface area contributed by atoms with Crippen LogP contribution in [0.3, 0.4) is 0 Å². The molecule has 1 aromatic rings. The van der Waals surface area contributed by atoms with Crippen molar-refractivity contribution in [3.05, 3.63) is 24.3 Å². The number of unbranched alkanes of at least 4 members (excludes halogenated alkanes) is 1. The molecule has 0 saturated carbocycles. The second-order valence-corrected chi connectivity index (χ2v) is 7.33. The Morgan fingerprint density at radius 2 is 2.14 bits per heavy atom. The zero-order valence-electron chi connectivity index (χ0n) is 13.6. The second kappa shape index (κ2) is 7.41. The Kier molecular flexibility index (Phi) is 5.30. The first-order valence-electron chi connectivity index (χ1n) is 7.91. The molecule has 1 aliphatic rings. The number of aliphatic hydroxyl groups is 2. The Hall–Kier alpha value is -1.15. The summed E-state index contributed by atoms with van der Waals surface area (Å²) >= 11 is 0. The van der Waals surface area contributed by atoms with Gasteiger partial charge in [-0.1, -0.05) is 13.3 Å². The molecule has 0 aromatic heterocycles. The number of hydrogen-bond donors (Lipinski definition) is 2. The number of β-amino-alcohol motifs (C(OH)–C–C–N with tert-alkyl or cyclic N) is 1. The quantitative estimate of drug-likeness (QED) is 0.694. The maximum absolute atomic E-state index is 12.7. The van der Waals surface area contributed by atoms with Crippen molar-refractivity contribution in [3.8, 4) is 5.75 Å². The largest absolute Gasteiger partial charge is 0.494 e. The highest BCUT2D eigenvalue weighted by Crippen LogP contribution is 2.27. The van der Waals surface area contributed by atoms with Gasteiger partial charge < -0.3 is 15.0 Å². The lowest BCUT2D eigenvalue weighted by Crippen LogP contribution is -2.37. The summed E-state index contributed by atoms with van der Waals surface area (Å²) in [7, 11) is -3.73. The minimum atomic E-state index is -3.73. The third-order valence-electron chi connectivity index (χ3n) is 3.73. The van der Waals surface area contributed by atoms with Crippen LogP contribution in [0.5, 0.6) is 5.75 Å². The fourth-order valence-electron chi connectivity index (χ4n) is 2.48. The molecule has 1 fully saturated rings. The number of rotatable bonds is 8. The van der Waals surface area contributed by atoms with Crippen LogP contribution in [0.25, 0.3) is 0 Å². The summed E-state index contributed by atoms with van der Waals surface area (Å²) in [4.78, 5) is 0.143. The maximum atomic E-state index is 12.7. The second-order valence-electron chi connectivity index (χ2n) is 5.44. The first-order valence-corrected chi connectivity index (χ1v) is 8.94. The number of sulfonamides is 1. The van der Waals surface area contributed by atoms with Crippen molar-refractivity contribution in [1.82, 2.24) is 4.31 Å². The van der Waals surface area contributed by atoms with Crippen LogP contribution in [0.15, 0.2) is 29.2 Å². The average molecular weight is 330 g/mol. The highest BCUT2D eigenvalue weighted by atomic mass is 32.2. The van der Waals surface area contributed by atoms with Gasteiger partial charge >= 0.3 is 0 Å². The monoisotopic (exact) mass is 330 g/mol. The van der Waals surface area contributed by atoms with E-state index < -0.39 is 22.2 Å². The standard InChI is InChI=1S/C15H23NO5S/c1-2-3-8-21-14-4-6-15(7-5-14)22(19,20)16-10-13(18)9-12(16)11-17/h4-7,12-13,17-18H,2-3,8-11H2,1H3/t12-,13-/m0/s1/i18D. The topological polar surface area (TPSA) is 87.1 Å². The molecule has 0 bridgehead atoms. The van der Waals surface area contributed by atoms with E-state index in [-0.39, 0.29) is 18.0 Å². The van der Waals surface area contributed by atoms with Crippen LogP contribution in [-0.4, -0.2) is 56.3 Å². The van der Waals surface area contributed by atoms with E-state index in [0.717, 1.165) is 12.8 Å². The summed E-state index contributed by atoms with van der Waals surface area (Å²) in [6.45, 7) is 2.45. The van der Waals surface area contributed by atoms with Gasteiger partial charge in [0.05, 0.1) is 30.3 Å². The Morgan fingerprint density at radius 3 is 2.73 bits per heavy atom. The van der Waals surface area contributed by atoms with E-state index in [9.17, 15) is 13.5 Å². The molecule has 1 heterocycles. The van der Waals surface area contributed by atoms with Crippen molar-refractivity contribution < 1.29 is 23.4 Å². The molecule has 0 amide bonds. The minimum Gasteiger partial charge on any atom is -0.494 e. The molecule has 6 nitrogen and oxygen atoms in total. The predicted octanol–water partition coefficient (Wildman–Crippen LogP) is 0.982. The molecule has 1 saturated heterocycles. The molecule has 124 valence electrons. The maximum Gasteiger partial charge on any atom is 0.243 e. The lowest BCUT2D eigenvalue weighted by molar-refractivity contribution is 0.184. The molecule has 1 aliphatic heterocycles.